The van der Waals surface area contributed by atoms with Crippen molar-refractivity contribution in [2.75, 3.05) is 5.32 Å². The van der Waals surface area contributed by atoms with E-state index in [0.717, 1.165) is 0 Å². The number of amides is 1. The maximum Gasteiger partial charge on any atom is 0.325 e. The van der Waals surface area contributed by atoms with Crippen molar-refractivity contribution in [3.8, 4) is 0 Å². The van der Waals surface area contributed by atoms with Crippen LogP contribution in [0.2, 0.25) is 0 Å². The van der Waals surface area contributed by atoms with Crippen molar-refractivity contribution in [2.45, 2.75) is 6.54 Å². The smallest absolute Gasteiger partial charge is 0.325 e. The van der Waals surface area contributed by atoms with Gasteiger partial charge < -0.3 is 16.2 Å². The van der Waals surface area contributed by atoms with Crippen LogP contribution in [-0.4, -0.2) is 36.7 Å². The first-order valence-electron chi connectivity index (χ1n) is 6.59. The van der Waals surface area contributed by atoms with E-state index in [2.05, 4.69) is 20.4 Å². The molecule has 3 aromatic rings. The number of hydrogen-bond donors (Lipinski definition) is 3. The van der Waals surface area contributed by atoms with Gasteiger partial charge in [-0.25, -0.2) is 9.97 Å². The van der Waals surface area contributed by atoms with E-state index in [1.165, 1.54) is 11.0 Å². The molecule has 1 amide bonds. The van der Waals surface area contributed by atoms with E-state index in [1.807, 2.05) is 0 Å². The fourth-order valence-electron chi connectivity index (χ4n) is 2.22. The van der Waals surface area contributed by atoms with Crippen LogP contribution in [0.5, 0.6) is 0 Å². The number of aliphatic carboxylic acids is 1. The zero-order valence-corrected chi connectivity index (χ0v) is 11.8. The van der Waals surface area contributed by atoms with E-state index in [4.69, 9.17) is 10.8 Å². The van der Waals surface area contributed by atoms with Crippen LogP contribution >= 0.6 is 0 Å². The lowest BCUT2D eigenvalue weighted by Crippen LogP contribution is -2.14. The molecule has 3 rings (SSSR count). The van der Waals surface area contributed by atoms with Crippen molar-refractivity contribution in [1.29, 1.82) is 0 Å². The van der Waals surface area contributed by atoms with Gasteiger partial charge in [-0.15, -0.1) is 0 Å². The number of primary amides is 1. The fraction of sp³-hybridized carbons (Fsp3) is 0.0714. The predicted octanol–water partition coefficient (Wildman–Crippen LogP) is 0.753. The second kappa shape index (κ2) is 5.72. The molecule has 9 heteroatoms. The molecule has 0 saturated carbocycles. The second-order valence-electron chi connectivity index (χ2n) is 4.75. The van der Waals surface area contributed by atoms with Crippen molar-refractivity contribution in [3.63, 3.8) is 0 Å². The number of nitrogens with two attached hydrogens (primary N) is 1. The summed E-state index contributed by atoms with van der Waals surface area (Å²) in [7, 11) is 0. The lowest BCUT2D eigenvalue weighted by molar-refractivity contribution is -0.137. The Hall–Kier alpha value is -3.49. The highest BCUT2D eigenvalue weighted by Gasteiger charge is 2.16. The number of aromatic nitrogens is 4. The van der Waals surface area contributed by atoms with Gasteiger partial charge in [0.25, 0.3) is 5.91 Å². The van der Waals surface area contributed by atoms with E-state index in [1.54, 1.807) is 30.6 Å². The highest BCUT2D eigenvalue weighted by Crippen LogP contribution is 2.24. The molecule has 0 aliphatic heterocycles. The molecule has 2 heterocycles. The average molecular weight is 312 g/mol. The monoisotopic (exact) mass is 312 g/mol. The molecule has 1 aromatic carbocycles. The minimum atomic E-state index is -1.06. The standard InChI is InChI=1S/C14H12N6O3/c15-14(23)13-10-3-8(18-9-4-16-7-17-5-9)1-2-11(10)20(19-13)6-12(21)22/h1-5,7,18H,6H2,(H2,15,23)(H,21,22). The first-order chi connectivity index (χ1) is 11.0. The Morgan fingerprint density at radius 2 is 1.96 bits per heavy atom. The van der Waals surface area contributed by atoms with Gasteiger partial charge in [-0.2, -0.15) is 5.10 Å². The van der Waals surface area contributed by atoms with Crippen molar-refractivity contribution < 1.29 is 14.7 Å². The molecule has 23 heavy (non-hydrogen) atoms. The summed E-state index contributed by atoms with van der Waals surface area (Å²) in [5, 5.41) is 16.5. The van der Waals surface area contributed by atoms with Gasteiger partial charge in [0, 0.05) is 11.1 Å². The van der Waals surface area contributed by atoms with E-state index < -0.39 is 11.9 Å². The molecular weight excluding hydrogens is 300 g/mol. The number of hydrogen-bond acceptors (Lipinski definition) is 6. The average Bonchev–Trinajstić information content (AvgIpc) is 2.86. The Morgan fingerprint density at radius 3 is 2.61 bits per heavy atom. The summed E-state index contributed by atoms with van der Waals surface area (Å²) < 4.78 is 1.23. The number of carbonyl (C=O) groups excluding carboxylic acids is 1. The Bertz CT molecular complexity index is 890. The largest absolute Gasteiger partial charge is 0.480 e. The van der Waals surface area contributed by atoms with E-state index >= 15 is 0 Å². The molecule has 0 aliphatic carbocycles. The third kappa shape index (κ3) is 2.93. The van der Waals surface area contributed by atoms with Crippen LogP contribution in [0, 0.1) is 0 Å². The highest BCUT2D eigenvalue weighted by molar-refractivity contribution is 6.05. The number of anilines is 2. The maximum absolute atomic E-state index is 11.5. The molecule has 0 atom stereocenters. The third-order valence-corrected chi connectivity index (χ3v) is 3.12. The zero-order chi connectivity index (χ0) is 16.4. The summed E-state index contributed by atoms with van der Waals surface area (Å²) in [6.07, 6.45) is 4.61. The molecule has 0 unspecified atom stereocenters. The van der Waals surface area contributed by atoms with Crippen LogP contribution in [0.3, 0.4) is 0 Å². The minimum Gasteiger partial charge on any atom is -0.480 e. The van der Waals surface area contributed by atoms with Crippen molar-refractivity contribution >= 4 is 34.2 Å². The van der Waals surface area contributed by atoms with E-state index in [-0.39, 0.29) is 12.2 Å². The highest BCUT2D eigenvalue weighted by atomic mass is 16.4. The normalized spacial score (nSPS) is 10.6. The van der Waals surface area contributed by atoms with Gasteiger partial charge in [-0.05, 0) is 18.2 Å². The predicted molar refractivity (Wildman–Crippen MR) is 81.2 cm³/mol. The van der Waals surface area contributed by atoms with Crippen LogP contribution in [0.25, 0.3) is 10.9 Å². The molecule has 0 saturated heterocycles. The first-order valence-corrected chi connectivity index (χ1v) is 6.59. The molecule has 0 fully saturated rings. The summed E-state index contributed by atoms with van der Waals surface area (Å²) in [4.78, 5) is 30.2. The lowest BCUT2D eigenvalue weighted by Gasteiger charge is -2.06. The third-order valence-electron chi connectivity index (χ3n) is 3.12. The van der Waals surface area contributed by atoms with Gasteiger partial charge in [0.1, 0.15) is 12.9 Å². The zero-order valence-electron chi connectivity index (χ0n) is 11.8. The van der Waals surface area contributed by atoms with Crippen LogP contribution in [0.1, 0.15) is 10.5 Å². The van der Waals surface area contributed by atoms with E-state index in [0.29, 0.717) is 22.3 Å². The number of nitrogens with one attached hydrogen (secondary N) is 1. The Balaban J connectivity index is 2.05. The van der Waals surface area contributed by atoms with Crippen LogP contribution in [0.4, 0.5) is 11.4 Å². The summed E-state index contributed by atoms with van der Waals surface area (Å²) in [5.41, 5.74) is 7.20. The SMILES string of the molecule is NC(=O)c1nn(CC(=O)O)c2ccc(Nc3cncnc3)cc12. The molecule has 0 radical (unpaired) electrons. The molecule has 0 spiro atoms. The molecule has 2 aromatic heterocycles. The Kier molecular flexibility index (Phi) is 3.59. The maximum atomic E-state index is 11.5. The van der Waals surface area contributed by atoms with Crippen molar-refractivity contribution in [1.82, 2.24) is 19.7 Å². The number of carboxylic acid groups (broad SMARTS) is 1. The second-order valence-corrected chi connectivity index (χ2v) is 4.75. The molecular formula is C14H12N6O3. The number of carboxylic acids is 1. The van der Waals surface area contributed by atoms with Gasteiger partial charge in [0.15, 0.2) is 5.69 Å². The topological polar surface area (TPSA) is 136 Å². The van der Waals surface area contributed by atoms with Crippen molar-refractivity contribution in [3.05, 3.63) is 42.6 Å². The fourth-order valence-corrected chi connectivity index (χ4v) is 2.22. The summed E-state index contributed by atoms with van der Waals surface area (Å²) >= 11 is 0. The number of rotatable bonds is 5. The molecule has 4 N–H and O–H groups in total. The van der Waals surface area contributed by atoms with Crippen molar-refractivity contribution in [2.24, 2.45) is 5.73 Å². The lowest BCUT2D eigenvalue weighted by atomic mass is 10.1. The quantitative estimate of drug-likeness (QED) is 0.632. The number of carbonyl (C=O) groups is 2. The molecule has 116 valence electrons. The Morgan fingerprint density at radius 1 is 1.22 bits per heavy atom. The van der Waals surface area contributed by atoms with Gasteiger partial charge >= 0.3 is 5.97 Å². The summed E-state index contributed by atoms with van der Waals surface area (Å²) in [5.74, 6) is -1.78. The van der Waals surface area contributed by atoms with Crippen LogP contribution in [0.15, 0.2) is 36.9 Å². The number of nitrogens with zero attached hydrogens (tertiary/aromatic N) is 4. The van der Waals surface area contributed by atoms with Gasteiger partial charge in [0.2, 0.25) is 0 Å². The molecule has 0 bridgehead atoms. The van der Waals surface area contributed by atoms with Gasteiger partial charge in [-0.3, -0.25) is 14.3 Å². The van der Waals surface area contributed by atoms with Crippen LogP contribution in [-0.2, 0) is 11.3 Å². The minimum absolute atomic E-state index is 0.0224. The summed E-state index contributed by atoms with van der Waals surface area (Å²) in [6.45, 7) is -0.358. The number of fused-ring (bicyclic) bond motifs is 1. The van der Waals surface area contributed by atoms with Crippen LogP contribution < -0.4 is 11.1 Å². The van der Waals surface area contributed by atoms with E-state index in [9.17, 15) is 9.59 Å². The molecule has 9 nitrogen and oxygen atoms in total. The van der Waals surface area contributed by atoms with Gasteiger partial charge in [-0.1, -0.05) is 0 Å². The Labute approximate surface area is 129 Å². The molecule has 0 aliphatic rings. The summed E-state index contributed by atoms with van der Waals surface area (Å²) in [6, 6.07) is 5.08. The van der Waals surface area contributed by atoms with Gasteiger partial charge in [0.05, 0.1) is 23.6 Å². The number of benzene rings is 1. The first kappa shape index (κ1) is 14.4.